The van der Waals surface area contributed by atoms with Crippen molar-refractivity contribution in [3.05, 3.63) is 0 Å². The number of hydrogen-bond acceptors (Lipinski definition) is 7. The number of aliphatic carboxylic acids is 4. The third kappa shape index (κ3) is 41.3. The van der Waals surface area contributed by atoms with Gasteiger partial charge in [-0.1, -0.05) is 0 Å². The molecule has 0 bridgehead atoms. The predicted octanol–water partition coefficient (Wildman–Crippen LogP) is 1.20. The van der Waals surface area contributed by atoms with Crippen LogP contribution in [0.2, 0.25) is 0 Å². The SMILES string of the molecule is CC(O)COC(C)CO.O=C(O)CCCCC(=O)O.O=C(O)CCCCC(=O)O. The Hall–Kier alpha value is -2.24. The maximum atomic E-state index is 9.90. The molecule has 0 amide bonds. The maximum absolute atomic E-state index is 9.90. The summed E-state index contributed by atoms with van der Waals surface area (Å²) in [5.74, 6) is -3.48. The van der Waals surface area contributed by atoms with Gasteiger partial charge in [0.15, 0.2) is 0 Å². The zero-order valence-electron chi connectivity index (χ0n) is 17.0. The van der Waals surface area contributed by atoms with Gasteiger partial charge in [0.25, 0.3) is 0 Å². The number of unbranched alkanes of at least 4 members (excludes halogenated alkanes) is 2. The lowest BCUT2D eigenvalue weighted by atomic mass is 10.2. The van der Waals surface area contributed by atoms with Crippen LogP contribution in [0.3, 0.4) is 0 Å². The van der Waals surface area contributed by atoms with E-state index in [4.69, 9.17) is 35.4 Å². The number of carboxylic acid groups (broad SMARTS) is 4. The quantitative estimate of drug-likeness (QED) is 0.218. The van der Waals surface area contributed by atoms with E-state index in [0.29, 0.717) is 32.3 Å². The smallest absolute Gasteiger partial charge is 0.303 e. The molecule has 0 saturated heterocycles. The van der Waals surface area contributed by atoms with Gasteiger partial charge in [0.05, 0.1) is 25.4 Å². The molecule has 11 nitrogen and oxygen atoms in total. The van der Waals surface area contributed by atoms with Crippen LogP contribution < -0.4 is 0 Å². The maximum Gasteiger partial charge on any atom is 0.303 e. The van der Waals surface area contributed by atoms with Crippen molar-refractivity contribution >= 4 is 23.9 Å². The van der Waals surface area contributed by atoms with Gasteiger partial charge in [0, 0.05) is 25.7 Å². The van der Waals surface area contributed by atoms with Crippen LogP contribution in [0.4, 0.5) is 0 Å². The minimum atomic E-state index is -0.870. The van der Waals surface area contributed by atoms with Gasteiger partial charge in [-0.25, -0.2) is 0 Å². The highest BCUT2D eigenvalue weighted by molar-refractivity contribution is 5.68. The Labute approximate surface area is 169 Å². The molecule has 0 aliphatic rings. The molecule has 0 fully saturated rings. The molecule has 2 unspecified atom stereocenters. The van der Waals surface area contributed by atoms with E-state index in [1.165, 1.54) is 0 Å². The van der Waals surface area contributed by atoms with Crippen LogP contribution in [0.5, 0.6) is 0 Å². The number of aliphatic hydroxyl groups excluding tert-OH is 2. The second kappa shape index (κ2) is 22.1. The van der Waals surface area contributed by atoms with Crippen LogP contribution in [-0.2, 0) is 23.9 Å². The average molecular weight is 426 g/mol. The fourth-order valence-corrected chi connectivity index (χ4v) is 1.46. The number of carbonyl (C=O) groups is 4. The van der Waals surface area contributed by atoms with Crippen LogP contribution in [0.25, 0.3) is 0 Å². The summed E-state index contributed by atoms with van der Waals surface area (Å²) >= 11 is 0. The minimum Gasteiger partial charge on any atom is -0.481 e. The summed E-state index contributed by atoms with van der Waals surface area (Å²) in [4.78, 5) is 39.6. The third-order valence-electron chi connectivity index (χ3n) is 2.94. The molecule has 0 spiro atoms. The normalized spacial score (nSPS) is 11.7. The molecule has 0 heterocycles. The lowest BCUT2D eigenvalue weighted by Gasteiger charge is -2.10. The molecule has 0 aromatic rings. The molecule has 11 heteroatoms. The lowest BCUT2D eigenvalue weighted by molar-refractivity contribution is -0.139. The first-order valence-electron chi connectivity index (χ1n) is 9.20. The van der Waals surface area contributed by atoms with Gasteiger partial charge in [-0.05, 0) is 39.5 Å². The Kier molecular flexibility index (Phi) is 23.9. The number of rotatable bonds is 14. The van der Waals surface area contributed by atoms with Crippen molar-refractivity contribution in [2.45, 2.75) is 77.4 Å². The highest BCUT2D eigenvalue weighted by atomic mass is 16.5. The molecular weight excluding hydrogens is 392 g/mol. The van der Waals surface area contributed by atoms with E-state index in [1.54, 1.807) is 13.8 Å². The molecule has 0 aromatic carbocycles. The fraction of sp³-hybridized carbons (Fsp3) is 0.778. The summed E-state index contributed by atoms with van der Waals surface area (Å²) in [7, 11) is 0. The zero-order valence-corrected chi connectivity index (χ0v) is 17.0. The van der Waals surface area contributed by atoms with Gasteiger partial charge in [0.2, 0.25) is 0 Å². The minimum absolute atomic E-state index is 0.00667. The van der Waals surface area contributed by atoms with Crippen LogP contribution in [0, 0.1) is 0 Å². The van der Waals surface area contributed by atoms with E-state index in [2.05, 4.69) is 0 Å². The van der Waals surface area contributed by atoms with Crippen molar-refractivity contribution in [1.29, 1.82) is 0 Å². The van der Waals surface area contributed by atoms with Gasteiger partial charge in [0.1, 0.15) is 0 Å². The first-order valence-corrected chi connectivity index (χ1v) is 9.20. The molecular formula is C18H34O11. The first-order chi connectivity index (χ1) is 13.4. The van der Waals surface area contributed by atoms with Gasteiger partial charge < -0.3 is 35.4 Å². The number of aliphatic hydroxyl groups is 2. The molecule has 0 radical (unpaired) electrons. The third-order valence-corrected chi connectivity index (χ3v) is 2.94. The second-order valence-corrected chi connectivity index (χ2v) is 6.16. The molecule has 0 saturated carbocycles. The molecule has 6 N–H and O–H groups in total. The fourth-order valence-electron chi connectivity index (χ4n) is 1.46. The van der Waals surface area contributed by atoms with Crippen LogP contribution >= 0.6 is 0 Å². The molecule has 0 aliphatic heterocycles. The number of hydrogen-bond donors (Lipinski definition) is 6. The van der Waals surface area contributed by atoms with Crippen molar-refractivity contribution in [2.24, 2.45) is 0 Å². The van der Waals surface area contributed by atoms with E-state index in [0.717, 1.165) is 0 Å². The Balaban J connectivity index is -0.000000350. The second-order valence-electron chi connectivity index (χ2n) is 6.16. The summed E-state index contributed by atoms with van der Waals surface area (Å²) in [6.07, 6.45) is 1.42. The van der Waals surface area contributed by atoms with Crippen molar-refractivity contribution in [2.75, 3.05) is 13.2 Å². The van der Waals surface area contributed by atoms with E-state index in [1.807, 2.05) is 0 Å². The Bertz CT molecular complexity index is 385. The Morgan fingerprint density at radius 3 is 1.14 bits per heavy atom. The summed E-state index contributed by atoms with van der Waals surface area (Å²) in [6, 6.07) is 0. The van der Waals surface area contributed by atoms with Gasteiger partial charge in [-0.3, -0.25) is 19.2 Å². The van der Waals surface area contributed by atoms with E-state index < -0.39 is 30.0 Å². The van der Waals surface area contributed by atoms with Crippen LogP contribution in [0.1, 0.15) is 65.2 Å². The van der Waals surface area contributed by atoms with Crippen LogP contribution in [0.15, 0.2) is 0 Å². The van der Waals surface area contributed by atoms with Gasteiger partial charge >= 0.3 is 23.9 Å². The van der Waals surface area contributed by atoms with Gasteiger partial charge in [-0.2, -0.15) is 0 Å². The topological polar surface area (TPSA) is 199 Å². The Morgan fingerprint density at radius 1 is 0.690 bits per heavy atom. The van der Waals surface area contributed by atoms with Crippen LogP contribution in [-0.4, -0.2) is 79.9 Å². The summed E-state index contributed by atoms with van der Waals surface area (Å²) in [5.41, 5.74) is 0. The molecule has 0 aromatic heterocycles. The van der Waals surface area contributed by atoms with Crippen molar-refractivity contribution in [3.63, 3.8) is 0 Å². The van der Waals surface area contributed by atoms with Gasteiger partial charge in [-0.15, -0.1) is 0 Å². The summed E-state index contributed by atoms with van der Waals surface area (Å²) < 4.78 is 4.95. The van der Waals surface area contributed by atoms with E-state index >= 15 is 0 Å². The average Bonchev–Trinajstić information content (AvgIpc) is 2.61. The summed E-state index contributed by atoms with van der Waals surface area (Å²) in [6.45, 7) is 3.70. The molecule has 0 rings (SSSR count). The highest BCUT2D eigenvalue weighted by Gasteiger charge is 2.01. The standard InChI is InChI=1S/2C6H10O4.C6H14O3/c2*7-5(8)3-1-2-4-6(9)10;1-5(8)4-9-6(2)3-7/h2*1-4H2,(H,7,8)(H,9,10);5-8H,3-4H2,1-2H3. The van der Waals surface area contributed by atoms with E-state index in [9.17, 15) is 19.2 Å². The van der Waals surface area contributed by atoms with E-state index in [-0.39, 0.29) is 38.4 Å². The monoisotopic (exact) mass is 426 g/mol. The number of carboxylic acids is 4. The first kappa shape index (κ1) is 31.5. The summed E-state index contributed by atoms with van der Waals surface area (Å²) in [5, 5.41) is 49.7. The number of ether oxygens (including phenoxy) is 1. The highest BCUT2D eigenvalue weighted by Crippen LogP contribution is 1.99. The van der Waals surface area contributed by atoms with Crippen molar-refractivity contribution in [1.82, 2.24) is 0 Å². The lowest BCUT2D eigenvalue weighted by Crippen LogP contribution is -2.19. The molecule has 0 aliphatic carbocycles. The largest absolute Gasteiger partial charge is 0.481 e. The zero-order chi connectivity index (χ0) is 23.2. The molecule has 2 atom stereocenters. The Morgan fingerprint density at radius 2 is 0.966 bits per heavy atom. The van der Waals surface area contributed by atoms with Crippen molar-refractivity contribution < 1.29 is 54.6 Å². The molecule has 29 heavy (non-hydrogen) atoms. The predicted molar refractivity (Wildman–Crippen MR) is 102 cm³/mol. The molecule has 172 valence electrons. The van der Waals surface area contributed by atoms with Crippen molar-refractivity contribution in [3.8, 4) is 0 Å².